The first-order chi connectivity index (χ1) is 9.76. The van der Waals surface area contributed by atoms with E-state index < -0.39 is 0 Å². The molecular formula is C17H26N2O. The maximum absolute atomic E-state index is 5.57. The molecule has 1 N–H and O–H groups in total. The second-order valence-corrected chi connectivity index (χ2v) is 6.15. The van der Waals surface area contributed by atoms with Gasteiger partial charge in [0.2, 0.25) is 0 Å². The van der Waals surface area contributed by atoms with Crippen LogP contribution in [-0.4, -0.2) is 37.2 Å². The molecule has 1 aromatic rings. The Balaban J connectivity index is 1.62. The molecule has 3 rings (SSSR count). The first-order valence-electron chi connectivity index (χ1n) is 8.01. The molecule has 2 aliphatic rings. The van der Waals surface area contributed by atoms with Gasteiger partial charge in [-0.25, -0.2) is 0 Å². The summed E-state index contributed by atoms with van der Waals surface area (Å²) >= 11 is 0. The minimum absolute atomic E-state index is 0.532. The van der Waals surface area contributed by atoms with E-state index in [0.29, 0.717) is 6.04 Å². The molecule has 2 atom stereocenters. The molecule has 2 heterocycles. The van der Waals surface area contributed by atoms with Gasteiger partial charge in [-0.05, 0) is 62.5 Å². The Kier molecular flexibility index (Phi) is 4.16. The van der Waals surface area contributed by atoms with Crippen LogP contribution in [0.25, 0.3) is 0 Å². The van der Waals surface area contributed by atoms with Crippen molar-refractivity contribution in [2.45, 2.75) is 39.2 Å². The Hall–Kier alpha value is -1.22. The fraction of sp³-hybridized carbons (Fsp3) is 0.647. The van der Waals surface area contributed by atoms with Crippen molar-refractivity contribution in [1.29, 1.82) is 0 Å². The summed E-state index contributed by atoms with van der Waals surface area (Å²) < 4.78 is 5.57. The number of rotatable bonds is 4. The summed E-state index contributed by atoms with van der Waals surface area (Å²) in [5, 5.41) is 3.70. The molecule has 2 aliphatic heterocycles. The number of hydrogen-bond acceptors (Lipinski definition) is 3. The van der Waals surface area contributed by atoms with Crippen LogP contribution in [0.5, 0.6) is 5.75 Å². The number of fused-ring (bicyclic) bond motifs is 1. The quantitative estimate of drug-likeness (QED) is 0.913. The van der Waals surface area contributed by atoms with Gasteiger partial charge >= 0.3 is 0 Å². The maximum Gasteiger partial charge on any atom is 0.122 e. The van der Waals surface area contributed by atoms with Crippen LogP contribution >= 0.6 is 0 Å². The first kappa shape index (κ1) is 13.7. The summed E-state index contributed by atoms with van der Waals surface area (Å²) in [5.41, 5.74) is 2.59. The van der Waals surface area contributed by atoms with Gasteiger partial charge in [-0.1, -0.05) is 6.92 Å². The highest BCUT2D eigenvalue weighted by molar-refractivity contribution is 5.52. The molecule has 110 valence electrons. The van der Waals surface area contributed by atoms with Crippen LogP contribution in [0.4, 0.5) is 5.69 Å². The van der Waals surface area contributed by atoms with E-state index in [9.17, 15) is 0 Å². The Morgan fingerprint density at radius 1 is 1.45 bits per heavy atom. The molecule has 0 aliphatic carbocycles. The number of likely N-dealkylation sites (tertiary alicyclic amines) is 1. The standard InChI is InChI=1S/C17H26N2O/c1-3-19-9-4-5-15(12-19)13(2)18-16-6-7-17-14(11-16)8-10-20-17/h6-7,11,13,15,18H,3-5,8-10,12H2,1-2H3. The number of piperidine rings is 1. The predicted octanol–water partition coefficient (Wildman–Crippen LogP) is 3.15. The summed E-state index contributed by atoms with van der Waals surface area (Å²) in [6.07, 6.45) is 3.73. The van der Waals surface area contributed by atoms with Crippen LogP contribution in [0.1, 0.15) is 32.3 Å². The number of benzene rings is 1. The number of ether oxygens (including phenoxy) is 1. The van der Waals surface area contributed by atoms with E-state index in [1.165, 1.54) is 43.7 Å². The number of anilines is 1. The van der Waals surface area contributed by atoms with E-state index in [1.54, 1.807) is 0 Å². The Morgan fingerprint density at radius 3 is 3.20 bits per heavy atom. The fourth-order valence-electron chi connectivity index (χ4n) is 3.44. The normalized spacial score (nSPS) is 24.0. The monoisotopic (exact) mass is 274 g/mol. The van der Waals surface area contributed by atoms with Gasteiger partial charge in [0.15, 0.2) is 0 Å². The van der Waals surface area contributed by atoms with E-state index in [0.717, 1.165) is 24.7 Å². The van der Waals surface area contributed by atoms with Crippen LogP contribution in [0.15, 0.2) is 18.2 Å². The zero-order chi connectivity index (χ0) is 13.9. The number of nitrogens with zero attached hydrogens (tertiary/aromatic N) is 1. The number of hydrogen-bond donors (Lipinski definition) is 1. The average molecular weight is 274 g/mol. The molecule has 0 bridgehead atoms. The lowest BCUT2D eigenvalue weighted by molar-refractivity contribution is 0.172. The maximum atomic E-state index is 5.57. The largest absolute Gasteiger partial charge is 0.493 e. The van der Waals surface area contributed by atoms with Crippen LogP contribution in [0, 0.1) is 5.92 Å². The van der Waals surface area contributed by atoms with Gasteiger partial charge in [0.25, 0.3) is 0 Å². The Morgan fingerprint density at radius 2 is 2.35 bits per heavy atom. The van der Waals surface area contributed by atoms with Crippen LogP contribution in [0.3, 0.4) is 0 Å². The SMILES string of the molecule is CCN1CCCC(C(C)Nc2ccc3c(c2)CCO3)C1. The predicted molar refractivity (Wildman–Crippen MR) is 83.6 cm³/mol. The van der Waals surface area contributed by atoms with Gasteiger partial charge in [0.05, 0.1) is 6.61 Å². The summed E-state index contributed by atoms with van der Waals surface area (Å²) in [7, 11) is 0. The van der Waals surface area contributed by atoms with Gasteiger partial charge in [-0.2, -0.15) is 0 Å². The highest BCUT2D eigenvalue weighted by Crippen LogP contribution is 2.29. The fourth-order valence-corrected chi connectivity index (χ4v) is 3.44. The molecule has 3 heteroatoms. The van der Waals surface area contributed by atoms with Crippen molar-refractivity contribution in [3.05, 3.63) is 23.8 Å². The zero-order valence-electron chi connectivity index (χ0n) is 12.7. The molecule has 3 nitrogen and oxygen atoms in total. The third-order valence-corrected chi connectivity index (χ3v) is 4.78. The van der Waals surface area contributed by atoms with E-state index in [2.05, 4.69) is 42.3 Å². The van der Waals surface area contributed by atoms with Crippen LogP contribution < -0.4 is 10.1 Å². The summed E-state index contributed by atoms with van der Waals surface area (Å²) in [6.45, 7) is 9.12. The molecule has 1 fully saturated rings. The van der Waals surface area contributed by atoms with Gasteiger partial charge in [-0.3, -0.25) is 0 Å². The third kappa shape index (κ3) is 2.93. The second-order valence-electron chi connectivity index (χ2n) is 6.15. The van der Waals surface area contributed by atoms with Gasteiger partial charge in [0.1, 0.15) is 5.75 Å². The summed E-state index contributed by atoms with van der Waals surface area (Å²) in [5.74, 6) is 1.83. The van der Waals surface area contributed by atoms with E-state index in [1.807, 2.05) is 0 Å². The lowest BCUT2D eigenvalue weighted by Gasteiger charge is -2.35. The second kappa shape index (κ2) is 6.04. The van der Waals surface area contributed by atoms with Crippen molar-refractivity contribution in [2.24, 2.45) is 5.92 Å². The molecule has 20 heavy (non-hydrogen) atoms. The third-order valence-electron chi connectivity index (χ3n) is 4.78. The highest BCUT2D eigenvalue weighted by Gasteiger charge is 2.24. The van der Waals surface area contributed by atoms with E-state index >= 15 is 0 Å². The minimum atomic E-state index is 0.532. The molecule has 0 amide bonds. The lowest BCUT2D eigenvalue weighted by atomic mass is 9.91. The summed E-state index contributed by atoms with van der Waals surface area (Å²) in [6, 6.07) is 7.06. The lowest BCUT2D eigenvalue weighted by Crippen LogP contribution is -2.41. The average Bonchev–Trinajstić information content (AvgIpc) is 2.95. The number of nitrogens with one attached hydrogen (secondary N) is 1. The molecule has 1 saturated heterocycles. The van der Waals surface area contributed by atoms with Crippen LogP contribution in [0.2, 0.25) is 0 Å². The highest BCUT2D eigenvalue weighted by atomic mass is 16.5. The Bertz CT molecular complexity index is 460. The molecule has 0 saturated carbocycles. The van der Waals surface area contributed by atoms with Gasteiger partial charge in [0, 0.05) is 24.7 Å². The molecule has 1 aromatic carbocycles. The Labute approximate surface area is 122 Å². The molecular weight excluding hydrogens is 248 g/mol. The van der Waals surface area contributed by atoms with Crippen molar-refractivity contribution < 1.29 is 4.74 Å². The first-order valence-corrected chi connectivity index (χ1v) is 8.01. The molecule has 0 spiro atoms. The topological polar surface area (TPSA) is 24.5 Å². The van der Waals surface area contributed by atoms with E-state index in [4.69, 9.17) is 4.74 Å². The smallest absolute Gasteiger partial charge is 0.122 e. The van der Waals surface area contributed by atoms with Crippen molar-refractivity contribution in [1.82, 2.24) is 4.90 Å². The van der Waals surface area contributed by atoms with Crippen molar-refractivity contribution in [2.75, 3.05) is 31.6 Å². The van der Waals surface area contributed by atoms with Crippen molar-refractivity contribution >= 4 is 5.69 Å². The van der Waals surface area contributed by atoms with Gasteiger partial charge in [-0.15, -0.1) is 0 Å². The molecule has 0 aromatic heterocycles. The summed E-state index contributed by atoms with van der Waals surface area (Å²) in [4.78, 5) is 2.57. The molecule has 0 radical (unpaired) electrons. The van der Waals surface area contributed by atoms with Crippen LogP contribution in [-0.2, 0) is 6.42 Å². The van der Waals surface area contributed by atoms with Gasteiger partial charge < -0.3 is 15.0 Å². The zero-order valence-corrected chi connectivity index (χ0v) is 12.7. The van der Waals surface area contributed by atoms with Crippen molar-refractivity contribution in [3.8, 4) is 5.75 Å². The minimum Gasteiger partial charge on any atom is -0.493 e. The molecule has 2 unspecified atom stereocenters. The van der Waals surface area contributed by atoms with E-state index in [-0.39, 0.29) is 0 Å². The van der Waals surface area contributed by atoms with Crippen molar-refractivity contribution in [3.63, 3.8) is 0 Å².